The summed E-state index contributed by atoms with van der Waals surface area (Å²) in [7, 11) is 0. The second-order valence-corrected chi connectivity index (χ2v) is 14.5. The zero-order chi connectivity index (χ0) is 39.3. The van der Waals surface area contributed by atoms with Crippen molar-refractivity contribution in [2.45, 2.75) is 207 Å². The molecule has 0 saturated carbocycles. The van der Waals surface area contributed by atoms with Crippen LogP contribution < -0.4 is 0 Å². The molecule has 54 heavy (non-hydrogen) atoms. The Bertz CT molecular complexity index is 988. The fourth-order valence-corrected chi connectivity index (χ4v) is 5.95. The average Bonchev–Trinajstić information content (AvgIpc) is 3.17. The van der Waals surface area contributed by atoms with Gasteiger partial charge in [-0.05, 0) is 83.5 Å². The molecule has 0 saturated heterocycles. The number of esters is 2. The van der Waals surface area contributed by atoms with E-state index in [1.54, 1.807) is 0 Å². The zero-order valence-electron chi connectivity index (χ0n) is 35.5. The minimum absolute atomic E-state index is 0.0634. The van der Waals surface area contributed by atoms with E-state index in [0.29, 0.717) is 19.4 Å². The van der Waals surface area contributed by atoms with Crippen LogP contribution in [0, 0.1) is 0 Å². The molecule has 0 fully saturated rings. The van der Waals surface area contributed by atoms with Gasteiger partial charge in [0.05, 0.1) is 6.61 Å². The van der Waals surface area contributed by atoms with Crippen LogP contribution in [0.4, 0.5) is 0 Å². The molecule has 1 atom stereocenters. The lowest BCUT2D eigenvalue weighted by molar-refractivity contribution is -0.163. The number of carbonyl (C=O) groups excluding carboxylic acids is 2. The standard InChI is InChI=1S/C49H84O5/c1-4-7-10-13-16-19-21-23-24-25-27-29-32-35-38-41-44-52-45-47(54-49(51)43-40-37-34-30-18-15-12-9-6-3)46-53-48(50)42-39-36-33-31-28-26-22-20-17-14-11-8-5-2/h7-8,10-11,16-17,19-20,23-24,26,28,47H,4-6,9,12-15,18,21-22,25,27,29-46H2,1-3H3/b10-7-,11-8-,19-16-,20-17-,24-23-,28-26-. The van der Waals surface area contributed by atoms with Crippen molar-refractivity contribution in [1.29, 1.82) is 0 Å². The molecular weight excluding hydrogens is 669 g/mol. The van der Waals surface area contributed by atoms with Gasteiger partial charge in [0, 0.05) is 19.4 Å². The molecule has 0 spiro atoms. The first-order chi connectivity index (χ1) is 26.6. The van der Waals surface area contributed by atoms with Crippen molar-refractivity contribution in [3.8, 4) is 0 Å². The monoisotopic (exact) mass is 753 g/mol. The van der Waals surface area contributed by atoms with Crippen LogP contribution in [0.5, 0.6) is 0 Å². The lowest BCUT2D eigenvalue weighted by Gasteiger charge is -2.18. The van der Waals surface area contributed by atoms with Crippen LogP contribution in [0.25, 0.3) is 0 Å². The van der Waals surface area contributed by atoms with Crippen molar-refractivity contribution in [3.05, 3.63) is 72.9 Å². The molecule has 0 amide bonds. The molecule has 0 aromatic rings. The Morgan fingerprint density at radius 1 is 0.426 bits per heavy atom. The Kier molecular flexibility index (Phi) is 42.5. The molecular formula is C49H84O5. The van der Waals surface area contributed by atoms with Gasteiger partial charge in [-0.25, -0.2) is 0 Å². The Morgan fingerprint density at radius 2 is 0.833 bits per heavy atom. The smallest absolute Gasteiger partial charge is 0.306 e. The van der Waals surface area contributed by atoms with Crippen molar-refractivity contribution in [2.75, 3.05) is 19.8 Å². The number of hydrogen-bond donors (Lipinski definition) is 0. The molecule has 310 valence electrons. The Morgan fingerprint density at radius 3 is 1.35 bits per heavy atom. The summed E-state index contributed by atoms with van der Waals surface area (Å²) in [5.41, 5.74) is 0. The fraction of sp³-hybridized carbons (Fsp3) is 0.714. The van der Waals surface area contributed by atoms with Crippen LogP contribution in [0.2, 0.25) is 0 Å². The summed E-state index contributed by atoms with van der Waals surface area (Å²) < 4.78 is 17.3. The van der Waals surface area contributed by atoms with Gasteiger partial charge in [0.25, 0.3) is 0 Å². The normalized spacial score (nSPS) is 12.9. The zero-order valence-corrected chi connectivity index (χ0v) is 35.5. The molecule has 0 aliphatic carbocycles. The van der Waals surface area contributed by atoms with Crippen LogP contribution in [0.3, 0.4) is 0 Å². The summed E-state index contributed by atoms with van der Waals surface area (Å²) in [6.45, 7) is 7.52. The van der Waals surface area contributed by atoms with Crippen molar-refractivity contribution in [1.82, 2.24) is 0 Å². The van der Waals surface area contributed by atoms with E-state index in [2.05, 4.69) is 93.7 Å². The third-order valence-corrected chi connectivity index (χ3v) is 9.24. The Labute approximate surface area is 334 Å². The number of rotatable bonds is 40. The highest BCUT2D eigenvalue weighted by Gasteiger charge is 2.17. The molecule has 0 aromatic carbocycles. The number of ether oxygens (including phenoxy) is 3. The predicted molar refractivity (Wildman–Crippen MR) is 233 cm³/mol. The number of allylic oxidation sites excluding steroid dienone is 12. The van der Waals surface area contributed by atoms with Gasteiger partial charge < -0.3 is 14.2 Å². The summed E-state index contributed by atoms with van der Waals surface area (Å²) in [6, 6.07) is 0. The summed E-state index contributed by atoms with van der Waals surface area (Å²) in [5.74, 6) is -0.443. The Hall–Kier alpha value is -2.66. The summed E-state index contributed by atoms with van der Waals surface area (Å²) in [4.78, 5) is 25.2. The molecule has 0 aliphatic rings. The van der Waals surface area contributed by atoms with E-state index in [0.717, 1.165) is 96.3 Å². The second kappa shape index (κ2) is 44.7. The quantitative estimate of drug-likeness (QED) is 0.0354. The second-order valence-electron chi connectivity index (χ2n) is 14.5. The van der Waals surface area contributed by atoms with E-state index in [9.17, 15) is 9.59 Å². The molecule has 0 heterocycles. The van der Waals surface area contributed by atoms with Gasteiger partial charge in [-0.15, -0.1) is 0 Å². The van der Waals surface area contributed by atoms with Crippen LogP contribution in [0.1, 0.15) is 201 Å². The third-order valence-electron chi connectivity index (χ3n) is 9.24. The average molecular weight is 753 g/mol. The van der Waals surface area contributed by atoms with Gasteiger partial charge in [0.15, 0.2) is 6.10 Å². The van der Waals surface area contributed by atoms with Gasteiger partial charge >= 0.3 is 11.9 Å². The minimum Gasteiger partial charge on any atom is -0.462 e. The largest absolute Gasteiger partial charge is 0.462 e. The number of hydrogen-bond acceptors (Lipinski definition) is 5. The van der Waals surface area contributed by atoms with Gasteiger partial charge in [0.1, 0.15) is 6.61 Å². The van der Waals surface area contributed by atoms with Crippen molar-refractivity contribution in [2.24, 2.45) is 0 Å². The number of carbonyl (C=O) groups is 2. The van der Waals surface area contributed by atoms with Gasteiger partial charge in [0.2, 0.25) is 0 Å². The van der Waals surface area contributed by atoms with Crippen LogP contribution in [-0.2, 0) is 23.8 Å². The maximum absolute atomic E-state index is 12.7. The highest BCUT2D eigenvalue weighted by molar-refractivity contribution is 5.70. The maximum atomic E-state index is 12.7. The maximum Gasteiger partial charge on any atom is 0.306 e. The van der Waals surface area contributed by atoms with Crippen LogP contribution in [-0.4, -0.2) is 37.9 Å². The lowest BCUT2D eigenvalue weighted by Crippen LogP contribution is -2.30. The van der Waals surface area contributed by atoms with E-state index >= 15 is 0 Å². The molecule has 1 unspecified atom stereocenters. The summed E-state index contributed by atoms with van der Waals surface area (Å²) >= 11 is 0. The lowest BCUT2D eigenvalue weighted by atomic mass is 10.1. The molecule has 0 N–H and O–H groups in total. The van der Waals surface area contributed by atoms with E-state index in [1.165, 1.54) is 70.6 Å². The topological polar surface area (TPSA) is 61.8 Å². The molecule has 0 radical (unpaired) electrons. The highest BCUT2D eigenvalue weighted by atomic mass is 16.6. The van der Waals surface area contributed by atoms with E-state index in [1.807, 2.05) is 0 Å². The molecule has 0 aliphatic heterocycles. The SMILES string of the molecule is CC/C=C\C/C=C\C/C=C\CCCCCCCCOCC(COC(=O)CCCCC/C=C\C/C=C\C/C=C\CC)OC(=O)CCCCCCCCCCC. The first-order valence-electron chi connectivity index (χ1n) is 22.5. The summed E-state index contributed by atoms with van der Waals surface area (Å²) in [6.07, 6.45) is 56.2. The Balaban J connectivity index is 4.29. The van der Waals surface area contributed by atoms with Gasteiger partial charge in [-0.1, -0.05) is 177 Å². The van der Waals surface area contributed by atoms with Crippen molar-refractivity contribution >= 4 is 11.9 Å². The molecule has 5 heteroatoms. The fourth-order valence-electron chi connectivity index (χ4n) is 5.95. The summed E-state index contributed by atoms with van der Waals surface area (Å²) in [5, 5.41) is 0. The van der Waals surface area contributed by atoms with Gasteiger partial charge in [-0.2, -0.15) is 0 Å². The number of unbranched alkanes of at least 4 members (excludes halogenated alkanes) is 17. The predicted octanol–water partition coefficient (Wildman–Crippen LogP) is 14.8. The first-order valence-corrected chi connectivity index (χ1v) is 22.5. The molecule has 5 nitrogen and oxygen atoms in total. The highest BCUT2D eigenvalue weighted by Crippen LogP contribution is 2.13. The molecule has 0 bridgehead atoms. The van der Waals surface area contributed by atoms with E-state index < -0.39 is 6.10 Å². The van der Waals surface area contributed by atoms with Crippen molar-refractivity contribution < 1.29 is 23.8 Å². The first kappa shape index (κ1) is 51.3. The van der Waals surface area contributed by atoms with E-state index in [4.69, 9.17) is 14.2 Å². The molecule has 0 aromatic heterocycles. The van der Waals surface area contributed by atoms with E-state index in [-0.39, 0.29) is 25.2 Å². The van der Waals surface area contributed by atoms with Crippen molar-refractivity contribution in [3.63, 3.8) is 0 Å². The van der Waals surface area contributed by atoms with Crippen LogP contribution in [0.15, 0.2) is 72.9 Å². The van der Waals surface area contributed by atoms with Gasteiger partial charge in [-0.3, -0.25) is 9.59 Å². The molecule has 0 rings (SSSR count). The van der Waals surface area contributed by atoms with Crippen LogP contribution >= 0.6 is 0 Å². The minimum atomic E-state index is -0.552. The third kappa shape index (κ3) is 42.1.